The number of H-pyrrole nitrogens is 1. The van der Waals surface area contributed by atoms with Crippen LogP contribution in [-0.2, 0) is 10.0 Å². The third-order valence-corrected chi connectivity index (χ3v) is 5.73. The van der Waals surface area contributed by atoms with Crippen LogP contribution in [0.3, 0.4) is 0 Å². The largest absolute Gasteiger partial charge is 0.508 e. The molecule has 0 aliphatic rings. The van der Waals surface area contributed by atoms with E-state index < -0.39 is 16.1 Å². The van der Waals surface area contributed by atoms with Crippen LogP contribution >= 0.6 is 0 Å². The zero-order chi connectivity index (χ0) is 23.6. The van der Waals surface area contributed by atoms with Crippen molar-refractivity contribution >= 4 is 37.5 Å². The van der Waals surface area contributed by atoms with Crippen LogP contribution in [0, 0.1) is 0 Å². The van der Waals surface area contributed by atoms with E-state index >= 15 is 0 Å². The summed E-state index contributed by atoms with van der Waals surface area (Å²) in [6, 6.07) is 15.1. The maximum absolute atomic E-state index is 11.4. The highest BCUT2D eigenvalue weighted by Crippen LogP contribution is 2.30. The van der Waals surface area contributed by atoms with Crippen LogP contribution in [0.15, 0.2) is 54.6 Å². The molecule has 6 N–H and O–H groups in total. The van der Waals surface area contributed by atoms with Gasteiger partial charge in [-0.1, -0.05) is 6.07 Å². The Morgan fingerprint density at radius 1 is 1.00 bits per heavy atom. The van der Waals surface area contributed by atoms with E-state index in [1.807, 2.05) is 24.3 Å². The molecule has 0 radical (unpaired) electrons. The van der Waals surface area contributed by atoms with Crippen molar-refractivity contribution in [3.05, 3.63) is 60.2 Å². The van der Waals surface area contributed by atoms with Gasteiger partial charge in [-0.05, 0) is 48.0 Å². The number of fused-ring (bicyclic) bond motifs is 3. The summed E-state index contributed by atoms with van der Waals surface area (Å²) in [5, 5.41) is 34.9. The maximum atomic E-state index is 11.4. The van der Waals surface area contributed by atoms with E-state index in [4.69, 9.17) is 4.74 Å². The van der Waals surface area contributed by atoms with E-state index in [0.29, 0.717) is 24.5 Å². The van der Waals surface area contributed by atoms with Crippen LogP contribution in [0.25, 0.3) is 21.8 Å². The molecule has 1 atom stereocenters. The van der Waals surface area contributed by atoms with Crippen molar-refractivity contribution in [3.8, 4) is 17.2 Å². The van der Waals surface area contributed by atoms with Crippen LogP contribution < -0.4 is 14.8 Å². The first-order valence-electron chi connectivity index (χ1n) is 10.3. The van der Waals surface area contributed by atoms with Gasteiger partial charge in [0.15, 0.2) is 0 Å². The molecule has 0 spiro atoms. The lowest BCUT2D eigenvalue weighted by Gasteiger charge is -2.15. The fourth-order valence-corrected chi connectivity index (χ4v) is 4.16. The molecule has 9 nitrogen and oxygen atoms in total. The second-order valence-electron chi connectivity index (χ2n) is 7.78. The third kappa shape index (κ3) is 5.48. The predicted molar refractivity (Wildman–Crippen MR) is 127 cm³/mol. The number of ether oxygens (including phenoxy) is 1. The van der Waals surface area contributed by atoms with Gasteiger partial charge in [-0.15, -0.1) is 0 Å². The van der Waals surface area contributed by atoms with E-state index in [1.54, 1.807) is 12.1 Å². The molecule has 0 bridgehead atoms. The van der Waals surface area contributed by atoms with Crippen LogP contribution in [0.4, 0.5) is 5.69 Å². The van der Waals surface area contributed by atoms with Gasteiger partial charge in [-0.2, -0.15) is 0 Å². The molecule has 1 unspecified atom stereocenters. The number of rotatable bonds is 9. The molecule has 1 heterocycles. The minimum atomic E-state index is -3.55. The van der Waals surface area contributed by atoms with Gasteiger partial charge in [0.2, 0.25) is 10.0 Å². The molecule has 1 aromatic heterocycles. The van der Waals surface area contributed by atoms with E-state index in [9.17, 15) is 23.7 Å². The fourth-order valence-electron chi connectivity index (χ4n) is 3.60. The number of nitrogens with one attached hydrogen (secondary N) is 3. The zero-order valence-electron chi connectivity index (χ0n) is 17.9. The summed E-state index contributed by atoms with van der Waals surface area (Å²) in [5.41, 5.74) is 2.31. The van der Waals surface area contributed by atoms with Crippen molar-refractivity contribution < 1.29 is 28.5 Å². The number of sulfonamides is 1. The highest BCUT2D eigenvalue weighted by atomic mass is 32.2. The maximum Gasteiger partial charge on any atom is 0.229 e. The Morgan fingerprint density at radius 3 is 2.61 bits per heavy atom. The van der Waals surface area contributed by atoms with E-state index in [0.717, 1.165) is 28.1 Å². The lowest BCUT2D eigenvalue weighted by molar-refractivity contribution is 0.172. The SMILES string of the molecule is CS(=O)(=O)Nc1cc(C(O)CNCCOc2ccc3c(c2)[nH]c2ccc(O)cc23)ccc1O. The molecule has 0 fully saturated rings. The van der Waals surface area contributed by atoms with Gasteiger partial charge >= 0.3 is 0 Å². The second kappa shape index (κ2) is 9.18. The molecule has 10 heteroatoms. The number of aromatic hydroxyl groups is 2. The first-order valence-corrected chi connectivity index (χ1v) is 12.2. The Balaban J connectivity index is 1.30. The molecule has 0 aliphatic carbocycles. The number of anilines is 1. The molecule has 4 rings (SSSR count). The van der Waals surface area contributed by atoms with Crippen molar-refractivity contribution in [1.82, 2.24) is 10.3 Å². The number of aliphatic hydroxyl groups excluding tert-OH is 1. The summed E-state index contributed by atoms with van der Waals surface area (Å²) in [7, 11) is -3.55. The third-order valence-electron chi connectivity index (χ3n) is 5.14. The smallest absolute Gasteiger partial charge is 0.229 e. The van der Waals surface area contributed by atoms with Gasteiger partial charge < -0.3 is 30.4 Å². The second-order valence-corrected chi connectivity index (χ2v) is 9.53. The Morgan fingerprint density at radius 2 is 1.82 bits per heavy atom. The monoisotopic (exact) mass is 471 g/mol. The Kier molecular flexibility index (Phi) is 6.32. The fraction of sp³-hybridized carbons (Fsp3) is 0.217. The number of hydrogen-bond acceptors (Lipinski definition) is 7. The summed E-state index contributed by atoms with van der Waals surface area (Å²) < 4.78 is 30.8. The van der Waals surface area contributed by atoms with Crippen molar-refractivity contribution in [2.75, 3.05) is 30.7 Å². The minimum absolute atomic E-state index is 0.0139. The molecular formula is C23H25N3O6S. The lowest BCUT2D eigenvalue weighted by Crippen LogP contribution is -2.26. The minimum Gasteiger partial charge on any atom is -0.508 e. The van der Waals surface area contributed by atoms with Crippen LogP contribution in [0.2, 0.25) is 0 Å². The van der Waals surface area contributed by atoms with Gasteiger partial charge in [0.25, 0.3) is 0 Å². The number of hydrogen-bond donors (Lipinski definition) is 6. The Bertz CT molecular complexity index is 1400. The number of benzene rings is 3. The number of phenols is 2. The van der Waals surface area contributed by atoms with Crippen molar-refractivity contribution in [2.24, 2.45) is 0 Å². The molecule has 0 saturated carbocycles. The van der Waals surface area contributed by atoms with E-state index in [1.165, 1.54) is 18.2 Å². The first-order chi connectivity index (χ1) is 15.7. The molecule has 0 aliphatic heterocycles. The number of phenolic OH excluding ortho intramolecular Hbond substituents is 2. The highest BCUT2D eigenvalue weighted by molar-refractivity contribution is 7.92. The van der Waals surface area contributed by atoms with Crippen molar-refractivity contribution in [2.45, 2.75) is 6.10 Å². The molecule has 4 aromatic rings. The van der Waals surface area contributed by atoms with E-state index in [-0.39, 0.29) is 23.7 Å². The molecule has 0 saturated heterocycles. The average Bonchev–Trinajstić information content (AvgIpc) is 3.11. The average molecular weight is 472 g/mol. The standard InChI is InChI=1S/C23H25N3O6S/c1-33(30,31)26-21-10-14(2-7-22(21)28)23(29)13-24-8-9-32-16-4-5-17-18-11-15(27)3-6-19(18)25-20(17)12-16/h2-7,10-12,23-29H,8-9,13H2,1H3. The van der Waals surface area contributed by atoms with Crippen LogP contribution in [0.1, 0.15) is 11.7 Å². The van der Waals surface area contributed by atoms with E-state index in [2.05, 4.69) is 15.0 Å². The number of aromatic nitrogens is 1. The molecular weight excluding hydrogens is 446 g/mol. The summed E-state index contributed by atoms with van der Waals surface area (Å²) in [4.78, 5) is 3.30. The summed E-state index contributed by atoms with van der Waals surface area (Å²) >= 11 is 0. The van der Waals surface area contributed by atoms with Gasteiger partial charge in [0.1, 0.15) is 23.9 Å². The Labute approximate surface area is 190 Å². The molecule has 174 valence electrons. The zero-order valence-corrected chi connectivity index (χ0v) is 18.7. The van der Waals surface area contributed by atoms with Gasteiger partial charge in [-0.25, -0.2) is 8.42 Å². The first kappa shape index (κ1) is 22.7. The summed E-state index contributed by atoms with van der Waals surface area (Å²) in [6.07, 6.45) is 0.0857. The highest BCUT2D eigenvalue weighted by Gasteiger charge is 2.13. The molecule has 3 aromatic carbocycles. The molecule has 0 amide bonds. The number of aromatic amines is 1. The van der Waals surface area contributed by atoms with Crippen molar-refractivity contribution in [3.63, 3.8) is 0 Å². The molecule has 33 heavy (non-hydrogen) atoms. The predicted octanol–water partition coefficient (Wildman–Crippen LogP) is 2.81. The normalized spacial score (nSPS) is 12.8. The van der Waals surface area contributed by atoms with Crippen molar-refractivity contribution in [1.29, 1.82) is 0 Å². The van der Waals surface area contributed by atoms with Crippen LogP contribution in [-0.4, -0.2) is 54.7 Å². The van der Waals surface area contributed by atoms with Crippen LogP contribution in [0.5, 0.6) is 17.2 Å². The van der Waals surface area contributed by atoms with Gasteiger partial charge in [0.05, 0.1) is 23.6 Å². The summed E-state index contributed by atoms with van der Waals surface area (Å²) in [6.45, 7) is 1.06. The topological polar surface area (TPSA) is 144 Å². The lowest BCUT2D eigenvalue weighted by atomic mass is 10.1. The van der Waals surface area contributed by atoms with Gasteiger partial charge in [-0.3, -0.25) is 4.72 Å². The number of aliphatic hydroxyl groups is 1. The van der Waals surface area contributed by atoms with Gasteiger partial charge in [0, 0.05) is 35.4 Å². The summed E-state index contributed by atoms with van der Waals surface area (Å²) in [5.74, 6) is 0.685. The quantitative estimate of drug-likeness (QED) is 0.163. The Hall–Kier alpha value is -3.47.